The highest BCUT2D eigenvalue weighted by atomic mass is 16.2. The smallest absolute Gasteiger partial charge is 0.242 e. The number of carbonyl (C=O) groups is 2. The van der Waals surface area contributed by atoms with Crippen molar-refractivity contribution in [2.75, 3.05) is 13.1 Å². The van der Waals surface area contributed by atoms with Gasteiger partial charge in [-0.2, -0.15) is 5.10 Å². The number of amides is 2. The van der Waals surface area contributed by atoms with Crippen molar-refractivity contribution in [3.8, 4) is 0 Å². The van der Waals surface area contributed by atoms with Gasteiger partial charge in [0.1, 0.15) is 6.54 Å². The van der Waals surface area contributed by atoms with Crippen LogP contribution < -0.4 is 5.32 Å². The molecule has 0 bridgehead atoms. The van der Waals surface area contributed by atoms with Crippen LogP contribution in [0.5, 0.6) is 0 Å². The summed E-state index contributed by atoms with van der Waals surface area (Å²) in [6, 6.07) is 7.73. The van der Waals surface area contributed by atoms with E-state index in [0.717, 1.165) is 17.4 Å². The van der Waals surface area contributed by atoms with Crippen molar-refractivity contribution in [1.29, 1.82) is 0 Å². The summed E-state index contributed by atoms with van der Waals surface area (Å²) in [5.41, 5.74) is 0.884. The van der Waals surface area contributed by atoms with Crippen molar-refractivity contribution in [2.24, 2.45) is 5.92 Å². The van der Waals surface area contributed by atoms with Crippen molar-refractivity contribution in [1.82, 2.24) is 20.0 Å². The van der Waals surface area contributed by atoms with E-state index in [-0.39, 0.29) is 24.4 Å². The van der Waals surface area contributed by atoms with Crippen LogP contribution in [0.25, 0.3) is 10.9 Å². The first-order valence-corrected chi connectivity index (χ1v) is 9.67. The molecule has 2 heterocycles. The molecule has 1 N–H and O–H groups in total. The van der Waals surface area contributed by atoms with Crippen LogP contribution >= 0.6 is 0 Å². The van der Waals surface area contributed by atoms with Gasteiger partial charge in [-0.05, 0) is 24.8 Å². The minimum atomic E-state index is -0.0878. The SMILES string of the molecule is O=C(Cn1cc2ccccc2n1)NC1CC(=O)N(CC2CCCCC2)C1. The van der Waals surface area contributed by atoms with Gasteiger partial charge in [0, 0.05) is 31.1 Å². The highest BCUT2D eigenvalue weighted by Gasteiger charge is 2.32. The predicted octanol–water partition coefficient (Wildman–Crippen LogP) is 2.33. The van der Waals surface area contributed by atoms with Gasteiger partial charge in [-0.1, -0.05) is 37.5 Å². The molecule has 26 heavy (non-hydrogen) atoms. The summed E-state index contributed by atoms with van der Waals surface area (Å²) < 4.78 is 1.66. The summed E-state index contributed by atoms with van der Waals surface area (Å²) >= 11 is 0. The van der Waals surface area contributed by atoms with E-state index in [1.807, 2.05) is 35.4 Å². The number of nitrogens with one attached hydrogen (secondary N) is 1. The zero-order chi connectivity index (χ0) is 17.9. The molecule has 6 nitrogen and oxygen atoms in total. The number of carbonyl (C=O) groups excluding carboxylic acids is 2. The average molecular weight is 354 g/mol. The van der Waals surface area contributed by atoms with Crippen LogP contribution in [0.15, 0.2) is 30.5 Å². The molecule has 1 aliphatic carbocycles. The third-order valence-electron chi connectivity index (χ3n) is 5.55. The fourth-order valence-corrected chi connectivity index (χ4v) is 4.24. The Morgan fingerprint density at radius 3 is 2.81 bits per heavy atom. The average Bonchev–Trinajstić information content (AvgIpc) is 3.18. The Hall–Kier alpha value is -2.37. The second kappa shape index (κ2) is 7.48. The quantitative estimate of drug-likeness (QED) is 0.896. The van der Waals surface area contributed by atoms with E-state index in [9.17, 15) is 9.59 Å². The molecule has 2 aliphatic rings. The molecule has 1 aromatic heterocycles. The molecule has 6 heteroatoms. The Kier molecular flexibility index (Phi) is 4.91. The Morgan fingerprint density at radius 1 is 1.19 bits per heavy atom. The van der Waals surface area contributed by atoms with Crippen LogP contribution in [0.2, 0.25) is 0 Å². The van der Waals surface area contributed by atoms with Crippen molar-refractivity contribution in [2.45, 2.75) is 51.1 Å². The summed E-state index contributed by atoms with van der Waals surface area (Å²) in [5, 5.41) is 8.44. The number of fused-ring (bicyclic) bond motifs is 1. The minimum absolute atomic E-state index is 0.0800. The summed E-state index contributed by atoms with van der Waals surface area (Å²) in [7, 11) is 0. The third-order valence-corrected chi connectivity index (χ3v) is 5.55. The van der Waals surface area contributed by atoms with Gasteiger partial charge in [-0.25, -0.2) is 0 Å². The van der Waals surface area contributed by atoms with E-state index in [2.05, 4.69) is 10.4 Å². The number of hydrogen-bond donors (Lipinski definition) is 1. The first kappa shape index (κ1) is 17.1. The molecule has 1 atom stereocenters. The van der Waals surface area contributed by atoms with E-state index in [0.29, 0.717) is 18.9 Å². The maximum atomic E-state index is 12.3. The van der Waals surface area contributed by atoms with E-state index in [1.54, 1.807) is 4.68 Å². The molecule has 1 saturated heterocycles. The molecule has 4 rings (SSSR count). The zero-order valence-electron chi connectivity index (χ0n) is 15.1. The topological polar surface area (TPSA) is 67.2 Å². The highest BCUT2D eigenvalue weighted by molar-refractivity contribution is 5.83. The maximum absolute atomic E-state index is 12.3. The molecule has 2 aromatic rings. The van der Waals surface area contributed by atoms with Gasteiger partial charge in [-0.3, -0.25) is 14.3 Å². The predicted molar refractivity (Wildman–Crippen MR) is 99.4 cm³/mol. The molecule has 138 valence electrons. The van der Waals surface area contributed by atoms with Crippen molar-refractivity contribution in [3.05, 3.63) is 30.5 Å². The molecule has 0 spiro atoms. The van der Waals surface area contributed by atoms with E-state index in [4.69, 9.17) is 0 Å². The molecule has 1 saturated carbocycles. The van der Waals surface area contributed by atoms with Gasteiger partial charge >= 0.3 is 0 Å². The number of hydrogen-bond acceptors (Lipinski definition) is 3. The van der Waals surface area contributed by atoms with Gasteiger partial charge in [0.15, 0.2) is 0 Å². The zero-order valence-corrected chi connectivity index (χ0v) is 15.1. The van der Waals surface area contributed by atoms with Gasteiger partial charge in [0.2, 0.25) is 11.8 Å². The van der Waals surface area contributed by atoms with Crippen LogP contribution in [-0.2, 0) is 16.1 Å². The Labute approximate surface area is 153 Å². The number of rotatable bonds is 5. The van der Waals surface area contributed by atoms with Crippen molar-refractivity contribution in [3.63, 3.8) is 0 Å². The standard InChI is InChI=1S/C20H26N4O2/c25-19(14-24-12-16-8-4-5-9-18(16)22-24)21-17-10-20(26)23(13-17)11-15-6-2-1-3-7-15/h4-5,8-9,12,15,17H,1-3,6-7,10-11,13-14H2,(H,21,25). The number of likely N-dealkylation sites (tertiary alicyclic amines) is 1. The van der Waals surface area contributed by atoms with Crippen LogP contribution in [0, 0.1) is 5.92 Å². The van der Waals surface area contributed by atoms with Crippen LogP contribution in [0.4, 0.5) is 0 Å². The molecular weight excluding hydrogens is 328 g/mol. The molecule has 1 aliphatic heterocycles. The molecule has 0 radical (unpaired) electrons. The van der Waals surface area contributed by atoms with Crippen LogP contribution in [0.1, 0.15) is 38.5 Å². The van der Waals surface area contributed by atoms with Crippen LogP contribution in [-0.4, -0.2) is 45.6 Å². The van der Waals surface area contributed by atoms with Crippen LogP contribution in [0.3, 0.4) is 0 Å². The number of aromatic nitrogens is 2. The van der Waals surface area contributed by atoms with E-state index in [1.165, 1.54) is 32.1 Å². The summed E-state index contributed by atoms with van der Waals surface area (Å²) in [4.78, 5) is 26.6. The number of nitrogens with zero attached hydrogens (tertiary/aromatic N) is 3. The molecule has 1 unspecified atom stereocenters. The first-order chi connectivity index (χ1) is 12.7. The van der Waals surface area contributed by atoms with Gasteiger partial charge < -0.3 is 10.2 Å². The fourth-order valence-electron chi connectivity index (χ4n) is 4.24. The Balaban J connectivity index is 1.29. The second-order valence-electron chi connectivity index (χ2n) is 7.66. The van der Waals surface area contributed by atoms with Crippen molar-refractivity contribution < 1.29 is 9.59 Å². The lowest BCUT2D eigenvalue weighted by Gasteiger charge is -2.27. The van der Waals surface area contributed by atoms with Crippen molar-refractivity contribution >= 4 is 22.7 Å². The molecule has 2 fully saturated rings. The van der Waals surface area contributed by atoms with Gasteiger partial charge in [-0.15, -0.1) is 0 Å². The minimum Gasteiger partial charge on any atom is -0.349 e. The molecular formula is C20H26N4O2. The molecule has 1 aromatic carbocycles. The fraction of sp³-hybridized carbons (Fsp3) is 0.550. The summed E-state index contributed by atoms with van der Waals surface area (Å²) in [5.74, 6) is 0.722. The normalized spacial score (nSPS) is 21.5. The lowest BCUT2D eigenvalue weighted by atomic mass is 9.89. The van der Waals surface area contributed by atoms with E-state index < -0.39 is 0 Å². The van der Waals surface area contributed by atoms with Gasteiger partial charge in [0.25, 0.3) is 0 Å². The lowest BCUT2D eigenvalue weighted by Crippen LogP contribution is -2.39. The molecule has 2 amide bonds. The third kappa shape index (κ3) is 3.89. The summed E-state index contributed by atoms with van der Waals surface area (Å²) in [6.07, 6.45) is 8.65. The lowest BCUT2D eigenvalue weighted by molar-refractivity contribution is -0.128. The first-order valence-electron chi connectivity index (χ1n) is 9.67. The maximum Gasteiger partial charge on any atom is 0.242 e. The Morgan fingerprint density at radius 2 is 2.00 bits per heavy atom. The monoisotopic (exact) mass is 354 g/mol. The highest BCUT2D eigenvalue weighted by Crippen LogP contribution is 2.26. The second-order valence-corrected chi connectivity index (χ2v) is 7.66. The summed E-state index contributed by atoms with van der Waals surface area (Å²) in [6.45, 7) is 1.68. The van der Waals surface area contributed by atoms with Gasteiger partial charge in [0.05, 0.1) is 11.6 Å². The number of benzene rings is 1. The Bertz CT molecular complexity index is 761. The largest absolute Gasteiger partial charge is 0.349 e. The van der Waals surface area contributed by atoms with E-state index >= 15 is 0 Å².